The molecule has 1 amide bonds. The fourth-order valence-corrected chi connectivity index (χ4v) is 2.71. The van der Waals surface area contributed by atoms with E-state index in [1.54, 1.807) is 12.1 Å². The third kappa shape index (κ3) is 4.06. The van der Waals surface area contributed by atoms with E-state index in [1.807, 2.05) is 6.92 Å². The van der Waals surface area contributed by atoms with E-state index in [2.05, 4.69) is 15.2 Å². The summed E-state index contributed by atoms with van der Waals surface area (Å²) >= 11 is 11.6. The van der Waals surface area contributed by atoms with Gasteiger partial charge in [-0.2, -0.15) is 0 Å². The minimum absolute atomic E-state index is 0.0809. The van der Waals surface area contributed by atoms with Crippen molar-refractivity contribution < 1.29 is 4.79 Å². The number of hydrogen-bond donors (Lipinski definition) is 1. The molecule has 1 N–H and O–H groups in total. The zero-order valence-electron chi connectivity index (χ0n) is 10.8. The van der Waals surface area contributed by atoms with E-state index >= 15 is 0 Å². The molecule has 1 aromatic rings. The third-order valence-electron chi connectivity index (χ3n) is 3.17. The normalized spacial score (nSPS) is 17.4. The van der Waals surface area contributed by atoms with E-state index in [9.17, 15) is 4.79 Å². The standard InChI is InChI=1S/C13H17Cl2N3O/c1-9(8-18-6-2-3-7-18)16-13(19)10-4-5-11(14)17-12(10)15/h4-5,9H,2-3,6-8H2,1H3,(H,16,19). The lowest BCUT2D eigenvalue weighted by Crippen LogP contribution is -2.41. The minimum Gasteiger partial charge on any atom is -0.348 e. The molecule has 104 valence electrons. The molecule has 0 aromatic carbocycles. The van der Waals surface area contributed by atoms with Crippen LogP contribution >= 0.6 is 23.2 Å². The largest absolute Gasteiger partial charge is 0.348 e. The maximum absolute atomic E-state index is 12.1. The fourth-order valence-electron chi connectivity index (χ4n) is 2.28. The highest BCUT2D eigenvalue weighted by Gasteiger charge is 2.18. The minimum atomic E-state index is -0.208. The summed E-state index contributed by atoms with van der Waals surface area (Å²) in [5.41, 5.74) is 0.360. The number of nitrogens with one attached hydrogen (secondary N) is 1. The predicted molar refractivity (Wildman–Crippen MR) is 76.9 cm³/mol. The third-order valence-corrected chi connectivity index (χ3v) is 3.67. The summed E-state index contributed by atoms with van der Waals surface area (Å²) in [4.78, 5) is 18.3. The van der Waals surface area contributed by atoms with Gasteiger partial charge in [0.1, 0.15) is 10.3 Å². The molecule has 6 heteroatoms. The molecule has 1 atom stereocenters. The first-order valence-corrected chi connectivity index (χ1v) is 7.17. The van der Waals surface area contributed by atoms with Crippen molar-refractivity contribution in [2.45, 2.75) is 25.8 Å². The van der Waals surface area contributed by atoms with Gasteiger partial charge in [-0.05, 0) is 45.0 Å². The average Bonchev–Trinajstić information content (AvgIpc) is 2.81. The van der Waals surface area contributed by atoms with Crippen LogP contribution < -0.4 is 5.32 Å². The highest BCUT2D eigenvalue weighted by molar-refractivity contribution is 6.34. The van der Waals surface area contributed by atoms with Crippen molar-refractivity contribution in [2.24, 2.45) is 0 Å². The van der Waals surface area contributed by atoms with Crippen LogP contribution in [0, 0.1) is 0 Å². The van der Waals surface area contributed by atoms with Crippen LogP contribution in [-0.2, 0) is 0 Å². The van der Waals surface area contributed by atoms with Gasteiger partial charge in [-0.3, -0.25) is 4.79 Å². The number of likely N-dealkylation sites (tertiary alicyclic amines) is 1. The lowest BCUT2D eigenvalue weighted by Gasteiger charge is -2.21. The Bertz CT molecular complexity index is 461. The first-order chi connectivity index (χ1) is 9.06. The Balaban J connectivity index is 1.92. The van der Waals surface area contributed by atoms with Gasteiger partial charge in [0, 0.05) is 12.6 Å². The summed E-state index contributed by atoms with van der Waals surface area (Å²) in [6.45, 7) is 5.09. The highest BCUT2D eigenvalue weighted by atomic mass is 35.5. The van der Waals surface area contributed by atoms with Crippen LogP contribution in [-0.4, -0.2) is 41.5 Å². The van der Waals surface area contributed by atoms with Gasteiger partial charge in [-0.25, -0.2) is 4.98 Å². The number of hydrogen-bond acceptors (Lipinski definition) is 3. The lowest BCUT2D eigenvalue weighted by atomic mass is 10.2. The number of aromatic nitrogens is 1. The zero-order valence-corrected chi connectivity index (χ0v) is 12.3. The summed E-state index contributed by atoms with van der Waals surface area (Å²) in [6, 6.07) is 3.24. The second-order valence-corrected chi connectivity index (χ2v) is 5.60. The van der Waals surface area contributed by atoms with Crippen LogP contribution in [0.3, 0.4) is 0 Å². The zero-order chi connectivity index (χ0) is 13.8. The maximum Gasteiger partial charge on any atom is 0.254 e. The number of halogens is 2. The number of carbonyl (C=O) groups excluding carboxylic acids is 1. The quantitative estimate of drug-likeness (QED) is 0.870. The van der Waals surface area contributed by atoms with Crippen LogP contribution in [0.25, 0.3) is 0 Å². The van der Waals surface area contributed by atoms with Gasteiger partial charge in [0.05, 0.1) is 5.56 Å². The summed E-state index contributed by atoms with van der Waals surface area (Å²) in [5, 5.41) is 3.36. The molecule has 0 saturated carbocycles. The van der Waals surface area contributed by atoms with Crippen molar-refractivity contribution in [1.29, 1.82) is 0 Å². The van der Waals surface area contributed by atoms with E-state index < -0.39 is 0 Å². The van der Waals surface area contributed by atoms with Crippen LogP contribution in [0.15, 0.2) is 12.1 Å². The van der Waals surface area contributed by atoms with Crippen molar-refractivity contribution in [2.75, 3.05) is 19.6 Å². The average molecular weight is 302 g/mol. The Kier molecular flexibility index (Phi) is 5.02. The molecule has 1 aromatic heterocycles. The molecule has 0 radical (unpaired) electrons. The second-order valence-electron chi connectivity index (χ2n) is 4.85. The van der Waals surface area contributed by atoms with E-state index in [0.717, 1.165) is 19.6 Å². The topological polar surface area (TPSA) is 45.2 Å². The Morgan fingerprint density at radius 2 is 2.11 bits per heavy atom. The first-order valence-electron chi connectivity index (χ1n) is 6.41. The Hall–Kier alpha value is -0.840. The number of amides is 1. The van der Waals surface area contributed by atoms with Crippen LogP contribution in [0.2, 0.25) is 10.3 Å². The Labute approximate surface area is 123 Å². The smallest absolute Gasteiger partial charge is 0.254 e. The van der Waals surface area contributed by atoms with Crippen molar-refractivity contribution in [3.8, 4) is 0 Å². The van der Waals surface area contributed by atoms with Gasteiger partial charge in [0.2, 0.25) is 0 Å². The molecule has 0 bridgehead atoms. The SMILES string of the molecule is CC(CN1CCCC1)NC(=O)c1ccc(Cl)nc1Cl. The highest BCUT2D eigenvalue weighted by Crippen LogP contribution is 2.16. The number of pyridine rings is 1. The second kappa shape index (κ2) is 6.55. The van der Waals surface area contributed by atoms with Gasteiger partial charge >= 0.3 is 0 Å². The summed E-state index contributed by atoms with van der Waals surface area (Å²) < 4.78 is 0. The summed E-state index contributed by atoms with van der Waals surface area (Å²) in [5.74, 6) is -0.208. The number of carbonyl (C=O) groups is 1. The molecule has 1 unspecified atom stereocenters. The van der Waals surface area contributed by atoms with Gasteiger partial charge in [-0.1, -0.05) is 23.2 Å². The summed E-state index contributed by atoms with van der Waals surface area (Å²) in [6.07, 6.45) is 2.49. The molecule has 4 nitrogen and oxygen atoms in total. The van der Waals surface area contributed by atoms with Crippen molar-refractivity contribution >= 4 is 29.1 Å². The van der Waals surface area contributed by atoms with Crippen molar-refractivity contribution in [3.63, 3.8) is 0 Å². The van der Waals surface area contributed by atoms with Crippen LogP contribution in [0.4, 0.5) is 0 Å². The van der Waals surface area contributed by atoms with Crippen molar-refractivity contribution in [3.05, 3.63) is 28.0 Å². The van der Waals surface area contributed by atoms with Gasteiger partial charge in [0.15, 0.2) is 0 Å². The van der Waals surface area contributed by atoms with E-state index in [-0.39, 0.29) is 22.3 Å². The molecule has 1 aliphatic heterocycles. The van der Waals surface area contributed by atoms with Crippen LogP contribution in [0.1, 0.15) is 30.1 Å². The molecule has 1 saturated heterocycles. The first kappa shape index (κ1) is 14.6. The molecular weight excluding hydrogens is 285 g/mol. The number of rotatable bonds is 4. The molecule has 2 heterocycles. The molecule has 1 aliphatic rings. The summed E-state index contributed by atoms with van der Waals surface area (Å²) in [7, 11) is 0. The molecule has 19 heavy (non-hydrogen) atoms. The van der Waals surface area contributed by atoms with Crippen LogP contribution in [0.5, 0.6) is 0 Å². The van der Waals surface area contributed by atoms with E-state index in [0.29, 0.717) is 5.56 Å². The fraction of sp³-hybridized carbons (Fsp3) is 0.538. The van der Waals surface area contributed by atoms with Crippen molar-refractivity contribution in [1.82, 2.24) is 15.2 Å². The Morgan fingerprint density at radius 3 is 2.74 bits per heavy atom. The van der Waals surface area contributed by atoms with E-state index in [1.165, 1.54) is 12.8 Å². The van der Waals surface area contributed by atoms with E-state index in [4.69, 9.17) is 23.2 Å². The molecule has 0 aliphatic carbocycles. The van der Waals surface area contributed by atoms with Gasteiger partial charge in [0.25, 0.3) is 5.91 Å². The Morgan fingerprint density at radius 1 is 1.42 bits per heavy atom. The molecule has 2 rings (SSSR count). The lowest BCUT2D eigenvalue weighted by molar-refractivity contribution is 0.0931. The number of nitrogens with zero attached hydrogens (tertiary/aromatic N) is 2. The molecule has 0 spiro atoms. The molecule has 1 fully saturated rings. The molecular formula is C13H17Cl2N3O. The maximum atomic E-state index is 12.1. The van der Waals surface area contributed by atoms with Gasteiger partial charge < -0.3 is 10.2 Å². The monoisotopic (exact) mass is 301 g/mol. The predicted octanol–water partition coefficient (Wildman–Crippen LogP) is 2.60. The van der Waals surface area contributed by atoms with Gasteiger partial charge in [-0.15, -0.1) is 0 Å².